The van der Waals surface area contributed by atoms with Gasteiger partial charge in [-0.1, -0.05) is 35.4 Å². The van der Waals surface area contributed by atoms with E-state index in [0.717, 1.165) is 11.1 Å². The first-order valence-electron chi connectivity index (χ1n) is 10.00. The van der Waals surface area contributed by atoms with Crippen molar-refractivity contribution in [2.45, 2.75) is 26.5 Å². The number of rotatable bonds is 7. The molecule has 0 radical (unpaired) electrons. The Morgan fingerprint density at radius 1 is 1.22 bits per heavy atom. The fourth-order valence-electron chi connectivity index (χ4n) is 3.57. The first-order chi connectivity index (χ1) is 15.5. The van der Waals surface area contributed by atoms with E-state index < -0.39 is 12.0 Å². The summed E-state index contributed by atoms with van der Waals surface area (Å²) < 4.78 is 19.2. The molecule has 166 valence electrons. The summed E-state index contributed by atoms with van der Waals surface area (Å²) in [5, 5.41) is 14.9. The number of ether oxygens (including phenoxy) is 3. The second-order valence-electron chi connectivity index (χ2n) is 7.04. The molecule has 1 aliphatic heterocycles. The van der Waals surface area contributed by atoms with Gasteiger partial charge in [0.15, 0.2) is 11.5 Å². The quantitative estimate of drug-likeness (QED) is 0.488. The van der Waals surface area contributed by atoms with Crippen molar-refractivity contribution < 1.29 is 19.0 Å². The number of aromatic nitrogens is 4. The topological polar surface area (TPSA) is 100 Å². The van der Waals surface area contributed by atoms with E-state index in [1.54, 1.807) is 11.6 Å². The maximum atomic E-state index is 12.6. The number of anilines is 1. The van der Waals surface area contributed by atoms with Gasteiger partial charge < -0.3 is 19.5 Å². The number of halogens is 1. The monoisotopic (exact) mass is 499 g/mol. The van der Waals surface area contributed by atoms with E-state index >= 15 is 0 Å². The number of methoxy groups -OCH3 is 1. The highest BCUT2D eigenvalue weighted by atomic mass is 79.9. The lowest BCUT2D eigenvalue weighted by atomic mass is 9.95. The van der Waals surface area contributed by atoms with Crippen LogP contribution in [0.1, 0.15) is 31.0 Å². The van der Waals surface area contributed by atoms with Crippen molar-refractivity contribution in [2.75, 3.05) is 19.0 Å². The molecule has 0 saturated carbocycles. The molecule has 0 aliphatic carbocycles. The minimum absolute atomic E-state index is 0.385. The zero-order chi connectivity index (χ0) is 22.7. The largest absolute Gasteiger partial charge is 0.490 e. The number of hydrogen-bond acceptors (Lipinski definition) is 8. The van der Waals surface area contributed by atoms with Crippen molar-refractivity contribution in [3.63, 3.8) is 0 Å². The van der Waals surface area contributed by atoms with Gasteiger partial charge in [0.05, 0.1) is 23.8 Å². The number of fused-ring (bicyclic) bond motifs is 1. The summed E-state index contributed by atoms with van der Waals surface area (Å²) in [7, 11) is 1.34. The Kier molecular flexibility index (Phi) is 6.40. The van der Waals surface area contributed by atoms with E-state index in [1.807, 2.05) is 49.4 Å². The lowest BCUT2D eigenvalue weighted by molar-refractivity contribution is -0.136. The molecule has 1 unspecified atom stereocenters. The molecular formula is C22H22BrN5O4. The standard InChI is InChI=1S/C22H22BrN5O4/c1-4-31-17-11-15(10-16(23)20(17)32-12-14-8-6-5-7-9-14)19-18(21(29)30-3)13(2)24-22-25-26-27-28(19)22/h5-11,19H,4,12H2,1-3H3,(H,24,25,27). The van der Waals surface area contributed by atoms with Gasteiger partial charge in [0.25, 0.3) is 0 Å². The third kappa shape index (κ3) is 4.18. The molecule has 1 aromatic heterocycles. The maximum Gasteiger partial charge on any atom is 0.338 e. The van der Waals surface area contributed by atoms with Gasteiger partial charge >= 0.3 is 5.97 Å². The zero-order valence-electron chi connectivity index (χ0n) is 17.8. The summed E-state index contributed by atoms with van der Waals surface area (Å²) in [6.07, 6.45) is 0. The second-order valence-corrected chi connectivity index (χ2v) is 7.90. The van der Waals surface area contributed by atoms with Crippen LogP contribution < -0.4 is 14.8 Å². The number of carbonyl (C=O) groups excluding carboxylic acids is 1. The maximum absolute atomic E-state index is 12.6. The third-order valence-electron chi connectivity index (χ3n) is 4.99. The van der Waals surface area contributed by atoms with Crippen LogP contribution >= 0.6 is 15.9 Å². The molecule has 0 bridgehead atoms. The fourth-order valence-corrected chi connectivity index (χ4v) is 4.15. The lowest BCUT2D eigenvalue weighted by Crippen LogP contribution is -2.29. The van der Waals surface area contributed by atoms with Crippen LogP contribution in [0.3, 0.4) is 0 Å². The molecule has 0 fully saturated rings. The van der Waals surface area contributed by atoms with Crippen molar-refractivity contribution in [3.05, 3.63) is 69.3 Å². The van der Waals surface area contributed by atoms with Crippen LogP contribution in [-0.2, 0) is 16.1 Å². The van der Waals surface area contributed by atoms with Crippen molar-refractivity contribution in [1.29, 1.82) is 0 Å². The highest BCUT2D eigenvalue weighted by Gasteiger charge is 2.35. The third-order valence-corrected chi connectivity index (χ3v) is 5.58. The van der Waals surface area contributed by atoms with Crippen LogP contribution in [0, 0.1) is 0 Å². The Morgan fingerprint density at radius 2 is 2.00 bits per heavy atom. The SMILES string of the molecule is CCOc1cc(C2C(C(=O)OC)=C(C)Nc3nnnn32)cc(Br)c1OCc1ccccc1. The molecule has 9 nitrogen and oxygen atoms in total. The number of esters is 1. The number of allylic oxidation sites excluding steroid dienone is 1. The summed E-state index contributed by atoms with van der Waals surface area (Å²) >= 11 is 3.61. The van der Waals surface area contributed by atoms with E-state index in [0.29, 0.717) is 46.4 Å². The van der Waals surface area contributed by atoms with Crippen molar-refractivity contribution in [3.8, 4) is 11.5 Å². The number of tetrazole rings is 1. The smallest absolute Gasteiger partial charge is 0.338 e. The van der Waals surface area contributed by atoms with Crippen LogP contribution in [0.2, 0.25) is 0 Å². The predicted octanol–water partition coefficient (Wildman–Crippen LogP) is 3.88. The Labute approximate surface area is 193 Å². The van der Waals surface area contributed by atoms with Gasteiger partial charge in [-0.2, -0.15) is 4.68 Å². The summed E-state index contributed by atoms with van der Waals surface area (Å²) in [5.41, 5.74) is 2.79. The van der Waals surface area contributed by atoms with Crippen LogP contribution in [0.15, 0.2) is 58.2 Å². The summed E-state index contributed by atoms with van der Waals surface area (Å²) in [6.45, 7) is 4.51. The molecule has 1 aliphatic rings. The molecule has 2 heterocycles. The first-order valence-corrected chi connectivity index (χ1v) is 10.8. The highest BCUT2D eigenvalue weighted by molar-refractivity contribution is 9.10. The lowest BCUT2D eigenvalue weighted by Gasteiger charge is -2.28. The van der Waals surface area contributed by atoms with Crippen LogP contribution in [0.5, 0.6) is 11.5 Å². The first kappa shape index (κ1) is 21.8. The summed E-state index contributed by atoms with van der Waals surface area (Å²) in [4.78, 5) is 12.6. The van der Waals surface area contributed by atoms with Crippen molar-refractivity contribution in [2.24, 2.45) is 0 Å². The minimum atomic E-state index is -0.604. The number of carbonyl (C=O) groups is 1. The van der Waals surface area contributed by atoms with Crippen molar-refractivity contribution >= 4 is 27.8 Å². The van der Waals surface area contributed by atoms with Crippen LogP contribution in [0.25, 0.3) is 0 Å². The molecular weight excluding hydrogens is 478 g/mol. The normalized spacial score (nSPS) is 15.1. The van der Waals surface area contributed by atoms with E-state index in [9.17, 15) is 4.79 Å². The predicted molar refractivity (Wildman–Crippen MR) is 120 cm³/mol. The van der Waals surface area contributed by atoms with Gasteiger partial charge in [-0.3, -0.25) is 0 Å². The molecule has 0 saturated heterocycles. The van der Waals surface area contributed by atoms with E-state index in [1.165, 1.54) is 7.11 Å². The molecule has 2 aromatic carbocycles. The van der Waals surface area contributed by atoms with Crippen LogP contribution in [-0.4, -0.2) is 39.9 Å². The Morgan fingerprint density at radius 3 is 2.72 bits per heavy atom. The molecule has 4 rings (SSSR count). The van der Waals surface area contributed by atoms with Gasteiger partial charge in [0, 0.05) is 5.70 Å². The van der Waals surface area contributed by atoms with E-state index in [4.69, 9.17) is 14.2 Å². The molecule has 0 spiro atoms. The van der Waals surface area contributed by atoms with E-state index in [-0.39, 0.29) is 0 Å². The average Bonchev–Trinajstić information content (AvgIpc) is 3.25. The number of benzene rings is 2. The molecule has 10 heteroatoms. The minimum Gasteiger partial charge on any atom is -0.490 e. The van der Waals surface area contributed by atoms with Gasteiger partial charge in [-0.05, 0) is 63.5 Å². The van der Waals surface area contributed by atoms with Gasteiger partial charge in [0.2, 0.25) is 5.95 Å². The Balaban J connectivity index is 1.77. The molecule has 0 amide bonds. The van der Waals surface area contributed by atoms with Gasteiger partial charge in [-0.15, -0.1) is 0 Å². The number of hydrogen-bond donors (Lipinski definition) is 1. The van der Waals surface area contributed by atoms with Gasteiger partial charge in [-0.25, -0.2) is 4.79 Å². The molecule has 1 atom stereocenters. The molecule has 3 aromatic rings. The molecule has 1 N–H and O–H groups in total. The van der Waals surface area contributed by atoms with E-state index in [2.05, 4.69) is 36.8 Å². The highest BCUT2D eigenvalue weighted by Crippen LogP contribution is 2.43. The zero-order valence-corrected chi connectivity index (χ0v) is 19.4. The second kappa shape index (κ2) is 9.39. The van der Waals surface area contributed by atoms with Crippen LogP contribution in [0.4, 0.5) is 5.95 Å². The Hall–Kier alpha value is -3.40. The Bertz CT molecular complexity index is 1160. The summed E-state index contributed by atoms with van der Waals surface area (Å²) in [6, 6.07) is 13.0. The average molecular weight is 500 g/mol. The summed E-state index contributed by atoms with van der Waals surface area (Å²) in [5.74, 6) is 1.08. The number of nitrogens with zero attached hydrogens (tertiary/aromatic N) is 4. The number of nitrogens with one attached hydrogen (secondary N) is 1. The van der Waals surface area contributed by atoms with Crippen molar-refractivity contribution in [1.82, 2.24) is 20.2 Å². The van der Waals surface area contributed by atoms with Gasteiger partial charge in [0.1, 0.15) is 12.6 Å². The fraction of sp³-hybridized carbons (Fsp3) is 0.273. The molecule has 32 heavy (non-hydrogen) atoms.